The lowest BCUT2D eigenvalue weighted by Gasteiger charge is -2.12. The van der Waals surface area contributed by atoms with E-state index in [9.17, 15) is 0 Å². The zero-order chi connectivity index (χ0) is 17.9. The second kappa shape index (κ2) is 12.8. The number of guanidine groups is 1. The van der Waals surface area contributed by atoms with Crippen LogP contribution >= 0.6 is 35.6 Å². The smallest absolute Gasteiger partial charge is 0.190 e. The number of hydrogen-bond donors (Lipinski definition) is 2. The Hall–Kier alpha value is -1.54. The molecule has 0 aliphatic rings. The maximum absolute atomic E-state index is 5.79. The fraction of sp³-hybridized carbons (Fsp3) is 0.368. The van der Waals surface area contributed by atoms with Crippen molar-refractivity contribution < 1.29 is 4.74 Å². The van der Waals surface area contributed by atoms with Crippen molar-refractivity contribution in [3.8, 4) is 5.75 Å². The van der Waals surface area contributed by atoms with Gasteiger partial charge in [0, 0.05) is 26.3 Å². The van der Waals surface area contributed by atoms with Gasteiger partial charge in [0.1, 0.15) is 10.9 Å². The van der Waals surface area contributed by atoms with E-state index in [0.717, 1.165) is 49.6 Å². The molecule has 1 aromatic heterocycles. The topological polar surface area (TPSA) is 58.5 Å². The summed E-state index contributed by atoms with van der Waals surface area (Å²) in [5.74, 6) is 1.71. The molecular formula is C19H26ClIN4O. The van der Waals surface area contributed by atoms with Crippen molar-refractivity contribution in [2.45, 2.75) is 19.3 Å². The fourth-order valence-corrected chi connectivity index (χ4v) is 2.50. The fourth-order valence-electron chi connectivity index (χ4n) is 2.39. The molecule has 2 aromatic rings. The van der Waals surface area contributed by atoms with Crippen LogP contribution in [0.3, 0.4) is 0 Å². The van der Waals surface area contributed by atoms with Crippen LogP contribution in [-0.4, -0.2) is 38.2 Å². The Balaban J connectivity index is 0.00000338. The number of rotatable bonds is 8. The monoisotopic (exact) mass is 488 g/mol. The molecule has 2 rings (SSSR count). The quantitative estimate of drug-likeness (QED) is 0.196. The average molecular weight is 489 g/mol. The van der Waals surface area contributed by atoms with Crippen LogP contribution in [0.4, 0.5) is 0 Å². The van der Waals surface area contributed by atoms with Crippen molar-refractivity contribution >= 4 is 41.5 Å². The molecule has 142 valence electrons. The standard InChI is InChI=1S/C19H25ClN4O.HI/c1-21-19(23-13-11-16-7-10-18(20)24-14-16)22-12-3-4-15-5-8-17(25-2)9-6-15;/h5-10,14H,3-4,11-13H2,1-2H3,(H2,21,22,23);1H. The maximum atomic E-state index is 5.79. The summed E-state index contributed by atoms with van der Waals surface area (Å²) in [6, 6.07) is 12.0. The molecule has 0 unspecified atom stereocenters. The van der Waals surface area contributed by atoms with E-state index >= 15 is 0 Å². The third-order valence-corrected chi connectivity index (χ3v) is 4.04. The van der Waals surface area contributed by atoms with Gasteiger partial charge >= 0.3 is 0 Å². The Kier molecular flexibility index (Phi) is 11.0. The Labute approximate surface area is 177 Å². The SMILES string of the molecule is CN=C(NCCCc1ccc(OC)cc1)NCCc1ccc(Cl)nc1.I. The summed E-state index contributed by atoms with van der Waals surface area (Å²) >= 11 is 5.79. The van der Waals surface area contributed by atoms with E-state index in [1.54, 1.807) is 20.4 Å². The van der Waals surface area contributed by atoms with Gasteiger partial charge in [0.25, 0.3) is 0 Å². The highest BCUT2D eigenvalue weighted by Crippen LogP contribution is 2.12. The van der Waals surface area contributed by atoms with Crippen molar-refractivity contribution in [1.82, 2.24) is 15.6 Å². The van der Waals surface area contributed by atoms with Crippen molar-refractivity contribution in [2.24, 2.45) is 4.99 Å². The first-order chi connectivity index (χ1) is 12.2. The second-order valence-electron chi connectivity index (χ2n) is 5.62. The van der Waals surface area contributed by atoms with E-state index in [1.165, 1.54) is 5.56 Å². The average Bonchev–Trinajstić information content (AvgIpc) is 2.65. The van der Waals surface area contributed by atoms with Crippen molar-refractivity contribution in [3.63, 3.8) is 0 Å². The lowest BCUT2D eigenvalue weighted by molar-refractivity contribution is 0.414. The van der Waals surface area contributed by atoms with Gasteiger partial charge in [-0.05, 0) is 48.6 Å². The van der Waals surface area contributed by atoms with Gasteiger partial charge in [-0.1, -0.05) is 29.8 Å². The molecular weight excluding hydrogens is 463 g/mol. The zero-order valence-corrected chi connectivity index (χ0v) is 18.3. The summed E-state index contributed by atoms with van der Waals surface area (Å²) in [6.45, 7) is 1.66. The third-order valence-electron chi connectivity index (χ3n) is 3.81. The molecule has 0 amide bonds. The van der Waals surface area contributed by atoms with Gasteiger partial charge in [-0.15, -0.1) is 24.0 Å². The number of aliphatic imine (C=N–C) groups is 1. The first-order valence-corrected chi connectivity index (χ1v) is 8.77. The Morgan fingerprint density at radius 2 is 1.73 bits per heavy atom. The molecule has 1 aromatic carbocycles. The summed E-state index contributed by atoms with van der Waals surface area (Å²) in [6.07, 6.45) is 4.73. The first kappa shape index (κ1) is 22.5. The van der Waals surface area contributed by atoms with Crippen molar-refractivity contribution in [1.29, 1.82) is 0 Å². The zero-order valence-electron chi connectivity index (χ0n) is 15.2. The van der Waals surface area contributed by atoms with Gasteiger partial charge in [-0.25, -0.2) is 4.98 Å². The molecule has 1 heterocycles. The summed E-state index contributed by atoms with van der Waals surface area (Å²) in [4.78, 5) is 8.32. The predicted octanol–water partition coefficient (Wildman–Crippen LogP) is 3.70. The molecule has 0 radical (unpaired) electrons. The van der Waals surface area contributed by atoms with Gasteiger partial charge in [0.2, 0.25) is 0 Å². The lowest BCUT2D eigenvalue weighted by Crippen LogP contribution is -2.38. The van der Waals surface area contributed by atoms with Crippen LogP contribution in [0, 0.1) is 0 Å². The molecule has 0 aliphatic carbocycles. The van der Waals surface area contributed by atoms with Gasteiger partial charge < -0.3 is 15.4 Å². The molecule has 2 N–H and O–H groups in total. The van der Waals surface area contributed by atoms with E-state index < -0.39 is 0 Å². The molecule has 5 nitrogen and oxygen atoms in total. The van der Waals surface area contributed by atoms with Crippen LogP contribution in [-0.2, 0) is 12.8 Å². The van der Waals surface area contributed by atoms with Crippen LogP contribution in [0.5, 0.6) is 5.75 Å². The number of aryl methyl sites for hydroxylation is 1. The van der Waals surface area contributed by atoms with Crippen molar-refractivity contribution in [3.05, 3.63) is 58.9 Å². The number of nitrogens with one attached hydrogen (secondary N) is 2. The van der Waals surface area contributed by atoms with Crippen LogP contribution in [0.1, 0.15) is 17.5 Å². The van der Waals surface area contributed by atoms with Crippen LogP contribution in [0.15, 0.2) is 47.6 Å². The normalized spacial score (nSPS) is 10.8. The largest absolute Gasteiger partial charge is 0.497 e. The number of ether oxygens (including phenoxy) is 1. The number of pyridine rings is 1. The lowest BCUT2D eigenvalue weighted by atomic mass is 10.1. The minimum absolute atomic E-state index is 0. The molecule has 0 saturated heterocycles. The minimum Gasteiger partial charge on any atom is -0.497 e. The maximum Gasteiger partial charge on any atom is 0.190 e. The van der Waals surface area contributed by atoms with Crippen molar-refractivity contribution in [2.75, 3.05) is 27.2 Å². The summed E-state index contributed by atoms with van der Waals surface area (Å²) in [7, 11) is 3.46. The minimum atomic E-state index is 0. The van der Waals surface area contributed by atoms with E-state index in [0.29, 0.717) is 5.15 Å². The Bertz CT molecular complexity index is 662. The van der Waals surface area contributed by atoms with Gasteiger partial charge in [0.05, 0.1) is 7.11 Å². The number of benzene rings is 1. The molecule has 0 atom stereocenters. The van der Waals surface area contributed by atoms with Crippen LogP contribution in [0.25, 0.3) is 0 Å². The second-order valence-corrected chi connectivity index (χ2v) is 6.00. The molecule has 7 heteroatoms. The molecule has 0 spiro atoms. The highest BCUT2D eigenvalue weighted by Gasteiger charge is 1.99. The summed E-state index contributed by atoms with van der Waals surface area (Å²) in [5, 5.41) is 7.16. The van der Waals surface area contributed by atoms with E-state index in [1.807, 2.05) is 24.3 Å². The Morgan fingerprint density at radius 1 is 1.04 bits per heavy atom. The molecule has 0 saturated carbocycles. The van der Waals surface area contributed by atoms with Crippen LogP contribution in [0.2, 0.25) is 5.15 Å². The van der Waals surface area contributed by atoms with Crippen LogP contribution < -0.4 is 15.4 Å². The number of halogens is 2. The molecule has 0 aliphatic heterocycles. The number of methoxy groups -OCH3 is 1. The van der Waals surface area contributed by atoms with E-state index in [4.69, 9.17) is 16.3 Å². The van der Waals surface area contributed by atoms with E-state index in [2.05, 4.69) is 32.7 Å². The van der Waals surface area contributed by atoms with E-state index in [-0.39, 0.29) is 24.0 Å². The molecule has 0 bridgehead atoms. The predicted molar refractivity (Wildman–Crippen MR) is 119 cm³/mol. The highest BCUT2D eigenvalue weighted by atomic mass is 127. The molecule has 0 fully saturated rings. The third kappa shape index (κ3) is 8.23. The van der Waals surface area contributed by atoms with Gasteiger partial charge in [-0.3, -0.25) is 4.99 Å². The summed E-state index contributed by atoms with van der Waals surface area (Å²) < 4.78 is 5.17. The van der Waals surface area contributed by atoms with Gasteiger partial charge in [-0.2, -0.15) is 0 Å². The summed E-state index contributed by atoms with van der Waals surface area (Å²) in [5.41, 5.74) is 2.45. The molecule has 26 heavy (non-hydrogen) atoms. The number of hydrogen-bond acceptors (Lipinski definition) is 3. The highest BCUT2D eigenvalue weighted by molar-refractivity contribution is 14.0. The van der Waals surface area contributed by atoms with Gasteiger partial charge in [0.15, 0.2) is 5.96 Å². The number of aromatic nitrogens is 1. The first-order valence-electron chi connectivity index (χ1n) is 8.39. The Morgan fingerprint density at radius 3 is 2.35 bits per heavy atom. The number of nitrogens with zero attached hydrogens (tertiary/aromatic N) is 2.